The average molecular weight is 452 g/mol. The third-order valence-corrected chi connectivity index (χ3v) is 6.94. The van der Waals surface area contributed by atoms with Gasteiger partial charge < -0.3 is 25.6 Å². The summed E-state index contributed by atoms with van der Waals surface area (Å²) in [5.41, 5.74) is 11.1. The predicted molar refractivity (Wildman–Crippen MR) is 132 cm³/mol. The summed E-state index contributed by atoms with van der Waals surface area (Å²) in [5.74, 6) is 1.33. The van der Waals surface area contributed by atoms with Gasteiger partial charge in [0.2, 0.25) is 0 Å². The van der Waals surface area contributed by atoms with Crippen LogP contribution >= 0.6 is 12.6 Å². The number of hydrogen-bond donors (Lipinski definition) is 3. The third-order valence-electron chi connectivity index (χ3n) is 6.65. The highest BCUT2D eigenvalue weighted by Gasteiger charge is 2.26. The Bertz CT molecular complexity index is 960. The number of nitrogens with zero attached hydrogens (tertiary/aromatic N) is 3. The van der Waals surface area contributed by atoms with Crippen molar-refractivity contribution in [1.29, 1.82) is 5.26 Å². The molecule has 0 saturated carbocycles. The molecule has 2 unspecified atom stereocenters. The summed E-state index contributed by atoms with van der Waals surface area (Å²) in [6, 6.07) is 8.23. The minimum Gasteiger partial charge on any atom is -0.479 e. The fourth-order valence-corrected chi connectivity index (χ4v) is 5.21. The van der Waals surface area contributed by atoms with Gasteiger partial charge in [0.25, 0.3) is 0 Å². The summed E-state index contributed by atoms with van der Waals surface area (Å²) < 4.78 is 5.64. The molecule has 0 spiro atoms. The van der Waals surface area contributed by atoms with Crippen LogP contribution in [-0.4, -0.2) is 41.4 Å². The lowest BCUT2D eigenvalue weighted by Gasteiger charge is -2.30. The number of likely N-dealkylation sites (tertiary alicyclic amines) is 2. The van der Waals surface area contributed by atoms with Crippen molar-refractivity contribution in [2.75, 3.05) is 31.5 Å². The SMILES string of the molecule is C=C(CN1CCCC(/C(C#N)=C(\N)Nc2ccc3c(c2)CC(S)O3)CC1=C)N1CCCC1. The molecule has 3 aliphatic heterocycles. The second kappa shape index (κ2) is 9.83. The molecule has 32 heavy (non-hydrogen) atoms. The molecule has 4 rings (SSSR count). The molecule has 0 amide bonds. The number of nitrogens with two attached hydrogens (primary N) is 1. The first-order valence-corrected chi connectivity index (χ1v) is 12.0. The topological polar surface area (TPSA) is 77.5 Å². The van der Waals surface area contributed by atoms with E-state index in [0.29, 0.717) is 11.4 Å². The van der Waals surface area contributed by atoms with Gasteiger partial charge in [-0.25, -0.2) is 0 Å². The average Bonchev–Trinajstić information content (AvgIpc) is 3.38. The van der Waals surface area contributed by atoms with Crippen LogP contribution in [0.25, 0.3) is 0 Å². The van der Waals surface area contributed by atoms with Crippen molar-refractivity contribution in [1.82, 2.24) is 9.80 Å². The summed E-state index contributed by atoms with van der Waals surface area (Å²) in [6.07, 6.45) is 5.89. The molecule has 2 saturated heterocycles. The van der Waals surface area contributed by atoms with Gasteiger partial charge in [-0.05, 0) is 50.3 Å². The van der Waals surface area contributed by atoms with E-state index in [9.17, 15) is 5.26 Å². The van der Waals surface area contributed by atoms with Crippen molar-refractivity contribution in [3.63, 3.8) is 0 Å². The van der Waals surface area contributed by atoms with Crippen LogP contribution in [0, 0.1) is 17.2 Å². The molecule has 1 aromatic carbocycles. The van der Waals surface area contributed by atoms with Gasteiger partial charge in [0.1, 0.15) is 17.0 Å². The van der Waals surface area contributed by atoms with Crippen LogP contribution in [0.3, 0.4) is 0 Å². The molecule has 2 fully saturated rings. The minimum atomic E-state index is -0.107. The Morgan fingerprint density at radius 3 is 2.78 bits per heavy atom. The second-order valence-electron chi connectivity index (χ2n) is 8.95. The fraction of sp³-hybridized carbons (Fsp3) is 0.480. The number of fused-ring (bicyclic) bond motifs is 1. The third kappa shape index (κ3) is 5.02. The Morgan fingerprint density at radius 1 is 1.25 bits per heavy atom. The van der Waals surface area contributed by atoms with E-state index < -0.39 is 0 Å². The lowest BCUT2D eigenvalue weighted by atomic mass is 9.91. The summed E-state index contributed by atoms with van der Waals surface area (Å²) >= 11 is 4.39. The van der Waals surface area contributed by atoms with Gasteiger partial charge in [-0.2, -0.15) is 5.26 Å². The van der Waals surface area contributed by atoms with E-state index in [1.165, 1.54) is 18.5 Å². The van der Waals surface area contributed by atoms with E-state index in [0.717, 1.165) is 74.6 Å². The monoisotopic (exact) mass is 451 g/mol. The lowest BCUT2D eigenvalue weighted by Crippen LogP contribution is -2.31. The van der Waals surface area contributed by atoms with Crippen LogP contribution < -0.4 is 15.8 Å². The van der Waals surface area contributed by atoms with Gasteiger partial charge in [-0.15, -0.1) is 12.6 Å². The van der Waals surface area contributed by atoms with Crippen LogP contribution in [0.5, 0.6) is 5.75 Å². The van der Waals surface area contributed by atoms with Crippen LogP contribution in [0.4, 0.5) is 5.69 Å². The number of nitriles is 1. The molecular formula is C25H33N5OS. The summed E-state index contributed by atoms with van der Waals surface area (Å²) in [4.78, 5) is 4.71. The van der Waals surface area contributed by atoms with Gasteiger partial charge in [0, 0.05) is 54.6 Å². The minimum absolute atomic E-state index is 0.0598. The van der Waals surface area contributed by atoms with E-state index in [1.807, 2.05) is 18.2 Å². The zero-order valence-electron chi connectivity index (χ0n) is 18.6. The van der Waals surface area contributed by atoms with Crippen molar-refractivity contribution >= 4 is 18.3 Å². The molecule has 3 heterocycles. The molecule has 170 valence electrons. The van der Waals surface area contributed by atoms with Gasteiger partial charge >= 0.3 is 0 Å². The Balaban J connectivity index is 1.42. The fourth-order valence-electron chi connectivity index (χ4n) is 4.90. The first-order chi connectivity index (χ1) is 15.4. The Morgan fingerprint density at radius 2 is 2.03 bits per heavy atom. The zero-order chi connectivity index (χ0) is 22.7. The van der Waals surface area contributed by atoms with Crippen LogP contribution in [0.2, 0.25) is 0 Å². The quantitative estimate of drug-likeness (QED) is 0.444. The molecule has 0 aromatic heterocycles. The number of hydrogen-bond acceptors (Lipinski definition) is 7. The number of allylic oxidation sites excluding steroid dienone is 2. The standard InChI is InChI=1S/C25H33N5OS/c1-17-12-19(6-5-11-30(17)16-18(2)29-9-3-4-10-29)22(15-26)25(27)28-21-7-8-23-20(13-21)14-24(32)31-23/h7-8,13,19,24,28,32H,1-6,9-12,14,16,27H2/b25-22+. The molecule has 6 nitrogen and oxygen atoms in total. The molecule has 0 radical (unpaired) electrons. The highest BCUT2D eigenvalue weighted by molar-refractivity contribution is 7.80. The first-order valence-electron chi connectivity index (χ1n) is 11.4. The van der Waals surface area contributed by atoms with E-state index >= 15 is 0 Å². The zero-order valence-corrected chi connectivity index (χ0v) is 19.5. The number of anilines is 1. The largest absolute Gasteiger partial charge is 0.479 e. The first kappa shape index (κ1) is 22.5. The maximum atomic E-state index is 9.93. The van der Waals surface area contributed by atoms with E-state index in [-0.39, 0.29) is 11.4 Å². The van der Waals surface area contributed by atoms with Crippen molar-refractivity contribution in [3.05, 3.63) is 59.7 Å². The number of ether oxygens (including phenoxy) is 1. The number of thiol groups is 1. The van der Waals surface area contributed by atoms with E-state index in [1.54, 1.807) is 0 Å². The van der Waals surface area contributed by atoms with Crippen molar-refractivity contribution in [2.24, 2.45) is 11.7 Å². The Labute approximate surface area is 196 Å². The smallest absolute Gasteiger partial charge is 0.145 e. The normalized spacial score (nSPS) is 23.7. The molecule has 2 atom stereocenters. The number of benzene rings is 1. The number of nitrogens with one attached hydrogen (secondary N) is 1. The van der Waals surface area contributed by atoms with Crippen molar-refractivity contribution in [3.8, 4) is 11.8 Å². The molecule has 0 aliphatic carbocycles. The predicted octanol–water partition coefficient (Wildman–Crippen LogP) is 4.21. The van der Waals surface area contributed by atoms with E-state index in [4.69, 9.17) is 10.5 Å². The summed E-state index contributed by atoms with van der Waals surface area (Å²) in [6.45, 7) is 12.6. The summed E-state index contributed by atoms with van der Waals surface area (Å²) in [7, 11) is 0. The molecule has 1 aromatic rings. The maximum absolute atomic E-state index is 9.93. The summed E-state index contributed by atoms with van der Waals surface area (Å²) in [5, 5.41) is 13.2. The maximum Gasteiger partial charge on any atom is 0.145 e. The van der Waals surface area contributed by atoms with E-state index in [2.05, 4.69) is 47.0 Å². The molecular weight excluding hydrogens is 418 g/mol. The van der Waals surface area contributed by atoms with Gasteiger partial charge in [-0.3, -0.25) is 0 Å². The lowest BCUT2D eigenvalue weighted by molar-refractivity contribution is 0.317. The second-order valence-corrected chi connectivity index (χ2v) is 9.53. The highest BCUT2D eigenvalue weighted by atomic mass is 32.1. The van der Waals surface area contributed by atoms with Crippen LogP contribution in [0.15, 0.2) is 54.1 Å². The van der Waals surface area contributed by atoms with Crippen molar-refractivity contribution < 1.29 is 4.74 Å². The molecule has 3 N–H and O–H groups in total. The Kier molecular flexibility index (Phi) is 6.90. The van der Waals surface area contributed by atoms with Gasteiger partial charge in [-0.1, -0.05) is 13.2 Å². The molecule has 3 aliphatic rings. The molecule has 0 bridgehead atoms. The van der Waals surface area contributed by atoms with Gasteiger partial charge in [0.15, 0.2) is 0 Å². The number of rotatable bonds is 6. The van der Waals surface area contributed by atoms with Crippen molar-refractivity contribution in [2.45, 2.75) is 44.0 Å². The van der Waals surface area contributed by atoms with Crippen LogP contribution in [-0.2, 0) is 6.42 Å². The Hall–Kier alpha value is -2.72. The molecule has 7 heteroatoms. The van der Waals surface area contributed by atoms with Gasteiger partial charge in [0.05, 0.1) is 18.2 Å². The van der Waals surface area contributed by atoms with Crippen LogP contribution in [0.1, 0.15) is 37.7 Å². The highest BCUT2D eigenvalue weighted by Crippen LogP contribution is 2.34.